The molecule has 0 fully saturated rings. The molecule has 0 bridgehead atoms. The van der Waals surface area contributed by atoms with Gasteiger partial charge >= 0.3 is 6.18 Å². The van der Waals surface area contributed by atoms with Crippen LogP contribution in [0.5, 0.6) is 0 Å². The summed E-state index contributed by atoms with van der Waals surface area (Å²) in [5.41, 5.74) is 2.42. The zero-order chi connectivity index (χ0) is 19.5. The minimum Gasteiger partial charge on any atom is -0.272 e. The first-order valence-electron chi connectivity index (χ1n) is 7.74. The van der Waals surface area contributed by atoms with Crippen LogP contribution in [0.25, 0.3) is 0 Å². The molecular formula is C18H18F3N3O2. The van der Waals surface area contributed by atoms with Crippen molar-refractivity contribution in [3.05, 3.63) is 69.3 Å². The highest BCUT2D eigenvalue weighted by Gasteiger charge is 2.33. The highest BCUT2D eigenvalue weighted by atomic mass is 19.4. The number of anilines is 1. The Morgan fingerprint density at radius 1 is 1.04 bits per heavy atom. The maximum atomic E-state index is 12.7. The number of nitrogens with zero attached hydrogens (tertiary/aromatic N) is 2. The Morgan fingerprint density at radius 3 is 2.12 bits per heavy atom. The molecule has 0 aromatic heterocycles. The molecule has 0 unspecified atom stereocenters. The second-order valence-corrected chi connectivity index (χ2v) is 6.73. The van der Waals surface area contributed by atoms with Gasteiger partial charge in [-0.1, -0.05) is 45.0 Å². The van der Waals surface area contributed by atoms with Gasteiger partial charge < -0.3 is 0 Å². The van der Waals surface area contributed by atoms with Crippen molar-refractivity contribution in [1.82, 2.24) is 0 Å². The zero-order valence-electron chi connectivity index (χ0n) is 14.5. The van der Waals surface area contributed by atoms with Crippen LogP contribution in [-0.2, 0) is 11.6 Å². The third kappa shape index (κ3) is 4.81. The molecule has 0 aliphatic carbocycles. The highest BCUT2D eigenvalue weighted by molar-refractivity contribution is 5.80. The number of nitro benzene ring substituents is 1. The number of hydrogen-bond acceptors (Lipinski definition) is 4. The minimum atomic E-state index is -4.65. The average Bonchev–Trinajstić information content (AvgIpc) is 2.53. The van der Waals surface area contributed by atoms with E-state index in [4.69, 9.17) is 0 Å². The van der Waals surface area contributed by atoms with Gasteiger partial charge in [-0.25, -0.2) is 0 Å². The maximum absolute atomic E-state index is 12.7. The van der Waals surface area contributed by atoms with Gasteiger partial charge in [0.1, 0.15) is 5.69 Å². The lowest BCUT2D eigenvalue weighted by molar-refractivity contribution is -0.384. The summed E-state index contributed by atoms with van der Waals surface area (Å²) in [6.07, 6.45) is -3.21. The number of nitro groups is 1. The molecular weight excluding hydrogens is 347 g/mol. The van der Waals surface area contributed by atoms with Crippen LogP contribution >= 0.6 is 0 Å². The van der Waals surface area contributed by atoms with Crippen LogP contribution in [0.2, 0.25) is 0 Å². The van der Waals surface area contributed by atoms with Crippen molar-refractivity contribution in [3.8, 4) is 0 Å². The monoisotopic (exact) mass is 365 g/mol. The molecule has 2 rings (SSSR count). The lowest BCUT2D eigenvalue weighted by Crippen LogP contribution is -2.10. The lowest BCUT2D eigenvalue weighted by Gasteiger charge is -2.18. The molecule has 8 heteroatoms. The fourth-order valence-electron chi connectivity index (χ4n) is 2.20. The molecule has 5 nitrogen and oxygen atoms in total. The summed E-state index contributed by atoms with van der Waals surface area (Å²) in [5, 5.41) is 14.9. The van der Waals surface area contributed by atoms with E-state index >= 15 is 0 Å². The molecule has 26 heavy (non-hydrogen) atoms. The third-order valence-corrected chi connectivity index (χ3v) is 3.70. The van der Waals surface area contributed by atoms with Gasteiger partial charge in [-0.05, 0) is 28.7 Å². The first kappa shape index (κ1) is 19.4. The summed E-state index contributed by atoms with van der Waals surface area (Å²) >= 11 is 0. The van der Waals surface area contributed by atoms with Crippen molar-refractivity contribution in [3.63, 3.8) is 0 Å². The van der Waals surface area contributed by atoms with Gasteiger partial charge in [0.2, 0.25) is 0 Å². The molecule has 138 valence electrons. The largest absolute Gasteiger partial charge is 0.416 e. The molecule has 0 radical (unpaired) electrons. The molecule has 1 N–H and O–H groups in total. The van der Waals surface area contributed by atoms with Gasteiger partial charge in [0, 0.05) is 6.07 Å². The standard InChI is InChI=1S/C18H18F3N3O2/c1-17(2,3)13-6-4-12(5-7-13)11-22-23-15-9-8-14(18(19,20)21)10-16(15)24(25)26/h4-11,23H,1-3H3. The number of halogens is 3. The van der Waals surface area contributed by atoms with Crippen LogP contribution in [0.3, 0.4) is 0 Å². The molecule has 0 aliphatic heterocycles. The van der Waals surface area contributed by atoms with Crippen molar-refractivity contribution in [1.29, 1.82) is 0 Å². The van der Waals surface area contributed by atoms with E-state index in [-0.39, 0.29) is 11.1 Å². The van der Waals surface area contributed by atoms with Crippen LogP contribution in [0, 0.1) is 10.1 Å². The molecule has 0 atom stereocenters. The molecule has 0 spiro atoms. The van der Waals surface area contributed by atoms with Gasteiger partial charge in [-0.2, -0.15) is 18.3 Å². The number of hydrazone groups is 1. The van der Waals surface area contributed by atoms with Gasteiger partial charge in [0.05, 0.1) is 16.7 Å². The summed E-state index contributed by atoms with van der Waals surface area (Å²) in [7, 11) is 0. The van der Waals surface area contributed by atoms with Crippen LogP contribution in [0.1, 0.15) is 37.5 Å². The van der Waals surface area contributed by atoms with E-state index in [1.54, 1.807) is 0 Å². The summed E-state index contributed by atoms with van der Waals surface area (Å²) < 4.78 is 38.0. The van der Waals surface area contributed by atoms with Crippen molar-refractivity contribution in [2.75, 3.05) is 5.43 Å². The van der Waals surface area contributed by atoms with Crippen LogP contribution in [0.4, 0.5) is 24.5 Å². The molecule has 2 aromatic rings. The molecule has 0 saturated heterocycles. The molecule has 0 aliphatic rings. The minimum absolute atomic E-state index is 0.00869. The van der Waals surface area contributed by atoms with Crippen LogP contribution in [0.15, 0.2) is 47.6 Å². The van der Waals surface area contributed by atoms with Crippen molar-refractivity contribution in [2.24, 2.45) is 5.10 Å². The Balaban J connectivity index is 2.18. The van der Waals surface area contributed by atoms with Gasteiger partial charge in [0.25, 0.3) is 5.69 Å². The van der Waals surface area contributed by atoms with Crippen LogP contribution in [-0.4, -0.2) is 11.1 Å². The average molecular weight is 365 g/mol. The smallest absolute Gasteiger partial charge is 0.272 e. The fourth-order valence-corrected chi connectivity index (χ4v) is 2.20. The topological polar surface area (TPSA) is 67.5 Å². The van der Waals surface area contributed by atoms with Crippen LogP contribution < -0.4 is 5.43 Å². The number of rotatable bonds is 4. The number of nitrogens with one attached hydrogen (secondary N) is 1. The van der Waals surface area contributed by atoms with E-state index in [2.05, 4.69) is 31.3 Å². The van der Waals surface area contributed by atoms with Crippen molar-refractivity contribution in [2.45, 2.75) is 32.4 Å². The molecule has 0 heterocycles. The number of alkyl halides is 3. The first-order chi connectivity index (χ1) is 12.0. The quantitative estimate of drug-likeness (QED) is 0.451. The SMILES string of the molecule is CC(C)(C)c1ccc(C=NNc2ccc(C(F)(F)F)cc2[N+](=O)[O-])cc1. The van der Waals surface area contributed by atoms with Gasteiger partial charge in [-0.15, -0.1) is 0 Å². The molecule has 0 amide bonds. The summed E-state index contributed by atoms with van der Waals surface area (Å²) in [6, 6.07) is 9.81. The lowest BCUT2D eigenvalue weighted by atomic mass is 9.87. The van der Waals surface area contributed by atoms with E-state index in [1.165, 1.54) is 6.21 Å². The highest BCUT2D eigenvalue weighted by Crippen LogP contribution is 2.34. The van der Waals surface area contributed by atoms with E-state index in [0.717, 1.165) is 23.3 Å². The van der Waals surface area contributed by atoms with E-state index in [9.17, 15) is 23.3 Å². The van der Waals surface area contributed by atoms with E-state index in [1.807, 2.05) is 24.3 Å². The summed E-state index contributed by atoms with van der Waals surface area (Å²) in [4.78, 5) is 10.1. The Morgan fingerprint density at radius 2 is 1.62 bits per heavy atom. The maximum Gasteiger partial charge on any atom is 0.416 e. The normalized spacial score (nSPS) is 12.4. The van der Waals surface area contributed by atoms with E-state index in [0.29, 0.717) is 6.07 Å². The Kier molecular flexibility index (Phi) is 5.34. The second-order valence-electron chi connectivity index (χ2n) is 6.73. The van der Waals surface area contributed by atoms with Crippen molar-refractivity contribution >= 4 is 17.6 Å². The third-order valence-electron chi connectivity index (χ3n) is 3.70. The Labute approximate surface area is 148 Å². The van der Waals surface area contributed by atoms with Gasteiger partial charge in [-0.3, -0.25) is 15.5 Å². The predicted octanol–water partition coefficient (Wildman–Crippen LogP) is 5.36. The van der Waals surface area contributed by atoms with Gasteiger partial charge in [0.15, 0.2) is 0 Å². The number of hydrogen-bond donors (Lipinski definition) is 1. The number of benzene rings is 2. The van der Waals surface area contributed by atoms with Crippen molar-refractivity contribution < 1.29 is 18.1 Å². The van der Waals surface area contributed by atoms with E-state index < -0.39 is 22.4 Å². The molecule has 2 aromatic carbocycles. The summed E-state index contributed by atoms with van der Waals surface area (Å²) in [6.45, 7) is 6.25. The fraction of sp³-hybridized carbons (Fsp3) is 0.278. The predicted molar refractivity (Wildman–Crippen MR) is 94.5 cm³/mol. The Hall–Kier alpha value is -2.90. The zero-order valence-corrected chi connectivity index (χ0v) is 14.5. The summed E-state index contributed by atoms with van der Waals surface area (Å²) in [5.74, 6) is 0. The first-order valence-corrected chi connectivity index (χ1v) is 7.74. The molecule has 0 saturated carbocycles. The Bertz CT molecular complexity index is 823. The second kappa shape index (κ2) is 7.15.